The first-order chi connectivity index (χ1) is 6.41. The smallest absolute Gasteiger partial charge is 0.179 e. The van der Waals surface area contributed by atoms with Gasteiger partial charge >= 0.3 is 24.4 Å². The SMILES string of the molecule is CCCCCCCCCCCCS.[Sb+3]. The van der Waals surface area contributed by atoms with Gasteiger partial charge in [0, 0.05) is 0 Å². The maximum absolute atomic E-state index is 4.20. The van der Waals surface area contributed by atoms with E-state index in [0.29, 0.717) is 0 Å². The van der Waals surface area contributed by atoms with Gasteiger partial charge in [-0.25, -0.2) is 0 Å². The van der Waals surface area contributed by atoms with Crippen LogP contribution in [0.25, 0.3) is 0 Å². The molecule has 2 heteroatoms. The Morgan fingerprint density at radius 2 is 1.00 bits per heavy atom. The Labute approximate surface area is 113 Å². The predicted molar refractivity (Wildman–Crippen MR) is 71.5 cm³/mol. The molecule has 0 aromatic carbocycles. The normalized spacial score (nSPS) is 9.86. The Bertz CT molecular complexity index is 76.4. The van der Waals surface area contributed by atoms with E-state index in [-0.39, 0.29) is 24.4 Å². The molecular weight excluding hydrogens is 298 g/mol. The quantitative estimate of drug-likeness (QED) is 0.342. The standard InChI is InChI=1S/C12H26S.Sb/c1-2-3-4-5-6-7-8-9-10-11-12-13;/h13H,2-12H2,1H3;/q;+3. The fourth-order valence-corrected chi connectivity index (χ4v) is 1.82. The molecule has 0 spiro atoms. The molecule has 0 amide bonds. The maximum Gasteiger partial charge on any atom is 3.00 e. The molecule has 0 saturated heterocycles. The Kier molecular flexibility index (Phi) is 20.8. The van der Waals surface area contributed by atoms with Crippen molar-refractivity contribution in [3.63, 3.8) is 0 Å². The number of hydrogen-bond donors (Lipinski definition) is 1. The zero-order valence-corrected chi connectivity index (χ0v) is 13.1. The van der Waals surface area contributed by atoms with Crippen LogP contribution in [0.4, 0.5) is 0 Å². The van der Waals surface area contributed by atoms with Crippen LogP contribution in [-0.2, 0) is 0 Å². The van der Waals surface area contributed by atoms with Crippen molar-refractivity contribution in [1.29, 1.82) is 0 Å². The molecule has 0 aliphatic rings. The monoisotopic (exact) mass is 323 g/mol. The van der Waals surface area contributed by atoms with Gasteiger partial charge in [0.25, 0.3) is 0 Å². The first-order valence-corrected chi connectivity index (χ1v) is 6.66. The third-order valence-corrected chi connectivity index (χ3v) is 2.83. The van der Waals surface area contributed by atoms with Crippen LogP contribution in [0.1, 0.15) is 71.1 Å². The van der Waals surface area contributed by atoms with Crippen LogP contribution < -0.4 is 0 Å². The minimum absolute atomic E-state index is 0. The van der Waals surface area contributed by atoms with E-state index in [2.05, 4.69) is 19.6 Å². The Balaban J connectivity index is 0. The van der Waals surface area contributed by atoms with Crippen molar-refractivity contribution in [2.45, 2.75) is 71.1 Å². The molecule has 0 fully saturated rings. The summed E-state index contributed by atoms with van der Waals surface area (Å²) in [4.78, 5) is 0. The van der Waals surface area contributed by atoms with Crippen LogP contribution in [0.15, 0.2) is 0 Å². The van der Waals surface area contributed by atoms with Gasteiger partial charge in [-0.2, -0.15) is 12.6 Å². The molecular formula is C12H26SSb+3. The van der Waals surface area contributed by atoms with Gasteiger partial charge in [-0.1, -0.05) is 64.7 Å². The first kappa shape index (κ1) is 17.6. The van der Waals surface area contributed by atoms with E-state index in [4.69, 9.17) is 0 Å². The van der Waals surface area contributed by atoms with E-state index >= 15 is 0 Å². The van der Waals surface area contributed by atoms with Crippen molar-refractivity contribution in [2.75, 3.05) is 5.75 Å². The van der Waals surface area contributed by atoms with Crippen LogP contribution in [-0.4, -0.2) is 30.2 Å². The summed E-state index contributed by atoms with van der Waals surface area (Å²) in [6.07, 6.45) is 14.2. The molecule has 0 aliphatic carbocycles. The molecule has 2 radical (unpaired) electrons. The minimum atomic E-state index is 0. The van der Waals surface area contributed by atoms with Crippen LogP contribution in [0.5, 0.6) is 0 Å². The van der Waals surface area contributed by atoms with E-state index in [9.17, 15) is 0 Å². The summed E-state index contributed by atoms with van der Waals surface area (Å²) in [6.45, 7) is 2.28. The molecule has 14 heavy (non-hydrogen) atoms. The second-order valence-electron chi connectivity index (χ2n) is 3.91. The van der Waals surface area contributed by atoms with Gasteiger partial charge in [0.15, 0.2) is 0 Å². The predicted octanol–water partition coefficient (Wildman–Crippen LogP) is 4.46. The molecule has 0 rings (SSSR count). The summed E-state index contributed by atoms with van der Waals surface area (Å²) in [5.41, 5.74) is 0. The third-order valence-electron chi connectivity index (χ3n) is 2.51. The van der Waals surface area contributed by atoms with Crippen molar-refractivity contribution in [1.82, 2.24) is 0 Å². The summed E-state index contributed by atoms with van der Waals surface area (Å²) in [5, 5.41) is 0. The second kappa shape index (κ2) is 16.6. The molecule has 0 saturated carbocycles. The van der Waals surface area contributed by atoms with Crippen molar-refractivity contribution in [3.05, 3.63) is 0 Å². The van der Waals surface area contributed by atoms with Crippen molar-refractivity contribution in [3.8, 4) is 0 Å². The Hall–Kier alpha value is 1.17. The summed E-state index contributed by atoms with van der Waals surface area (Å²) in [6, 6.07) is 0. The van der Waals surface area contributed by atoms with Crippen molar-refractivity contribution in [2.24, 2.45) is 0 Å². The topological polar surface area (TPSA) is 0 Å². The third kappa shape index (κ3) is 15.6. The number of hydrogen-bond acceptors (Lipinski definition) is 1. The number of rotatable bonds is 10. The zero-order chi connectivity index (χ0) is 9.78. The summed E-state index contributed by atoms with van der Waals surface area (Å²) >= 11 is 4.20. The molecule has 0 nitrogen and oxygen atoms in total. The Morgan fingerprint density at radius 1 is 0.643 bits per heavy atom. The van der Waals surface area contributed by atoms with Gasteiger partial charge in [0.1, 0.15) is 0 Å². The van der Waals surface area contributed by atoms with Gasteiger partial charge in [0.2, 0.25) is 0 Å². The fraction of sp³-hybridized carbons (Fsp3) is 1.00. The molecule has 0 aromatic heterocycles. The van der Waals surface area contributed by atoms with Gasteiger partial charge in [-0.3, -0.25) is 0 Å². The zero-order valence-electron chi connectivity index (χ0n) is 9.67. The van der Waals surface area contributed by atoms with Crippen LogP contribution in [0.2, 0.25) is 0 Å². The van der Waals surface area contributed by atoms with Gasteiger partial charge in [-0.15, -0.1) is 0 Å². The van der Waals surface area contributed by atoms with Crippen LogP contribution >= 0.6 is 12.6 Å². The maximum atomic E-state index is 4.20. The second-order valence-corrected chi connectivity index (χ2v) is 4.35. The van der Waals surface area contributed by atoms with Gasteiger partial charge in [0.05, 0.1) is 0 Å². The van der Waals surface area contributed by atoms with Crippen molar-refractivity contribution >= 4 is 37.1 Å². The largest absolute Gasteiger partial charge is 3.00 e. The van der Waals surface area contributed by atoms with Crippen LogP contribution in [0.3, 0.4) is 0 Å². The molecule has 0 N–H and O–H groups in total. The van der Waals surface area contributed by atoms with Crippen molar-refractivity contribution < 1.29 is 0 Å². The minimum Gasteiger partial charge on any atom is -0.179 e. The molecule has 0 aromatic rings. The van der Waals surface area contributed by atoms with E-state index in [1.54, 1.807) is 0 Å². The van der Waals surface area contributed by atoms with Gasteiger partial charge < -0.3 is 0 Å². The van der Waals surface area contributed by atoms with E-state index < -0.39 is 0 Å². The molecule has 0 atom stereocenters. The molecule has 0 unspecified atom stereocenters. The van der Waals surface area contributed by atoms with E-state index in [1.807, 2.05) is 0 Å². The fourth-order valence-electron chi connectivity index (χ4n) is 1.60. The average molecular weight is 324 g/mol. The number of thiol groups is 1. The average Bonchev–Trinajstić information content (AvgIpc) is 2.16. The first-order valence-electron chi connectivity index (χ1n) is 6.02. The molecule has 0 bridgehead atoms. The Morgan fingerprint density at radius 3 is 1.36 bits per heavy atom. The number of unbranched alkanes of at least 4 members (excludes halogenated alkanes) is 9. The molecule has 0 heterocycles. The molecule has 0 aliphatic heterocycles. The summed E-state index contributed by atoms with van der Waals surface area (Å²) in [7, 11) is 0. The summed E-state index contributed by atoms with van der Waals surface area (Å²) in [5.74, 6) is 1.07. The summed E-state index contributed by atoms with van der Waals surface area (Å²) < 4.78 is 0. The van der Waals surface area contributed by atoms with Gasteiger partial charge in [-0.05, 0) is 12.2 Å². The van der Waals surface area contributed by atoms with E-state index in [0.717, 1.165) is 5.75 Å². The van der Waals surface area contributed by atoms with Crippen LogP contribution in [0, 0.1) is 0 Å². The molecule has 82 valence electrons. The van der Waals surface area contributed by atoms with E-state index in [1.165, 1.54) is 64.2 Å².